The topological polar surface area (TPSA) is 111 Å². The second kappa shape index (κ2) is 8.79. The second-order valence-electron chi connectivity index (χ2n) is 6.00. The Morgan fingerprint density at radius 3 is 2.30 bits per heavy atom. The van der Waals surface area contributed by atoms with Gasteiger partial charge in [-0.05, 0) is 57.2 Å². The molecule has 0 saturated heterocycles. The van der Waals surface area contributed by atoms with Gasteiger partial charge in [-0.25, -0.2) is 4.79 Å². The fraction of sp³-hybridized carbons (Fsp3) is 0.263. The summed E-state index contributed by atoms with van der Waals surface area (Å²) in [7, 11) is 0. The maximum absolute atomic E-state index is 12.4. The van der Waals surface area contributed by atoms with Gasteiger partial charge in [-0.1, -0.05) is 0 Å². The summed E-state index contributed by atoms with van der Waals surface area (Å²) in [5.41, 5.74) is 1.17. The predicted molar refractivity (Wildman–Crippen MR) is 102 cm³/mol. The van der Waals surface area contributed by atoms with E-state index in [-0.39, 0.29) is 17.4 Å². The van der Waals surface area contributed by atoms with Gasteiger partial charge in [0, 0.05) is 23.9 Å². The van der Waals surface area contributed by atoms with Gasteiger partial charge in [0.15, 0.2) is 0 Å². The number of esters is 1. The molecule has 0 aliphatic carbocycles. The summed E-state index contributed by atoms with van der Waals surface area (Å²) in [5.74, 6) is -0.934. The van der Waals surface area contributed by atoms with E-state index in [1.807, 2.05) is 6.92 Å². The molecule has 27 heavy (non-hydrogen) atoms. The van der Waals surface area contributed by atoms with Crippen LogP contribution in [0.1, 0.15) is 41.5 Å². The number of rotatable bonds is 7. The van der Waals surface area contributed by atoms with Crippen LogP contribution in [0.3, 0.4) is 0 Å². The molecule has 0 bridgehead atoms. The monoisotopic (exact) mass is 371 g/mol. The molecule has 1 amide bonds. The van der Waals surface area contributed by atoms with E-state index in [2.05, 4.69) is 10.6 Å². The number of hydrogen-bond donors (Lipinski definition) is 2. The highest BCUT2D eigenvalue weighted by molar-refractivity contribution is 6.05. The molecule has 0 spiro atoms. The van der Waals surface area contributed by atoms with Crippen molar-refractivity contribution in [3.05, 3.63) is 63.7 Å². The van der Waals surface area contributed by atoms with Crippen molar-refractivity contribution in [1.29, 1.82) is 0 Å². The van der Waals surface area contributed by atoms with E-state index in [1.165, 1.54) is 30.3 Å². The number of carbonyl (C=O) groups excluding carboxylic acids is 2. The number of nitrogens with zero attached hydrogens (tertiary/aromatic N) is 1. The zero-order valence-electron chi connectivity index (χ0n) is 15.3. The van der Waals surface area contributed by atoms with E-state index in [1.54, 1.807) is 26.0 Å². The number of carbonyl (C=O) groups is 2. The summed E-state index contributed by atoms with van der Waals surface area (Å²) < 4.78 is 5.10. The van der Waals surface area contributed by atoms with Gasteiger partial charge < -0.3 is 15.4 Å². The van der Waals surface area contributed by atoms with Crippen molar-refractivity contribution in [3.63, 3.8) is 0 Å². The predicted octanol–water partition coefficient (Wildman–Crippen LogP) is 3.84. The molecule has 142 valence electrons. The summed E-state index contributed by atoms with van der Waals surface area (Å²) >= 11 is 0. The van der Waals surface area contributed by atoms with Gasteiger partial charge in [-0.3, -0.25) is 14.9 Å². The molecule has 8 heteroatoms. The lowest BCUT2D eigenvalue weighted by Crippen LogP contribution is -2.14. The third kappa shape index (κ3) is 5.27. The molecule has 0 atom stereocenters. The Morgan fingerprint density at radius 2 is 1.74 bits per heavy atom. The lowest BCUT2D eigenvalue weighted by Gasteiger charge is -2.10. The number of nitro groups is 1. The molecule has 2 aromatic carbocycles. The van der Waals surface area contributed by atoms with Crippen molar-refractivity contribution in [2.45, 2.75) is 26.9 Å². The average Bonchev–Trinajstić information content (AvgIpc) is 2.62. The van der Waals surface area contributed by atoms with Gasteiger partial charge in [0.1, 0.15) is 5.69 Å². The van der Waals surface area contributed by atoms with Crippen molar-refractivity contribution >= 4 is 28.9 Å². The number of nitrogens with one attached hydrogen (secondary N) is 2. The van der Waals surface area contributed by atoms with Crippen molar-refractivity contribution in [2.75, 3.05) is 17.2 Å². The molecule has 8 nitrogen and oxygen atoms in total. The third-order valence-corrected chi connectivity index (χ3v) is 3.55. The first kappa shape index (κ1) is 19.9. The molecule has 2 rings (SSSR count). The number of nitro benzene ring substituents is 1. The minimum Gasteiger partial charge on any atom is -0.459 e. The molecule has 0 saturated carbocycles. The molecule has 2 aromatic rings. The van der Waals surface area contributed by atoms with Crippen LogP contribution in [0.15, 0.2) is 42.5 Å². The first-order chi connectivity index (χ1) is 12.8. The Balaban J connectivity index is 2.14. The van der Waals surface area contributed by atoms with Gasteiger partial charge in [-0.15, -0.1) is 0 Å². The Kier molecular flexibility index (Phi) is 6.48. The van der Waals surface area contributed by atoms with Crippen LogP contribution < -0.4 is 10.6 Å². The lowest BCUT2D eigenvalue weighted by atomic mass is 10.1. The minimum atomic E-state index is -0.538. The maximum atomic E-state index is 12.4. The zero-order chi connectivity index (χ0) is 20.0. The third-order valence-electron chi connectivity index (χ3n) is 3.55. The molecular weight excluding hydrogens is 350 g/mol. The van der Waals surface area contributed by atoms with E-state index >= 15 is 0 Å². The largest absolute Gasteiger partial charge is 0.459 e. The highest BCUT2D eigenvalue weighted by Crippen LogP contribution is 2.26. The standard InChI is InChI=1S/C19H21N3O5/c1-4-20-16-10-7-14(11-17(16)22(25)26)18(23)21-15-8-5-13(6-9-15)19(24)27-12(2)3/h5-12,20H,4H2,1-3H3,(H,21,23). The van der Waals surface area contributed by atoms with Crippen molar-refractivity contribution in [3.8, 4) is 0 Å². The molecular formula is C19H21N3O5. The quantitative estimate of drug-likeness (QED) is 0.434. The molecule has 0 radical (unpaired) electrons. The average molecular weight is 371 g/mol. The first-order valence-electron chi connectivity index (χ1n) is 8.46. The maximum Gasteiger partial charge on any atom is 0.338 e. The van der Waals surface area contributed by atoms with Crippen LogP contribution in [0.2, 0.25) is 0 Å². The molecule has 0 aromatic heterocycles. The molecule has 2 N–H and O–H groups in total. The zero-order valence-corrected chi connectivity index (χ0v) is 15.3. The highest BCUT2D eigenvalue weighted by atomic mass is 16.6. The molecule has 0 unspecified atom stereocenters. The van der Waals surface area contributed by atoms with Gasteiger partial charge in [0.25, 0.3) is 11.6 Å². The van der Waals surface area contributed by atoms with Crippen LogP contribution in [-0.4, -0.2) is 29.4 Å². The Morgan fingerprint density at radius 1 is 1.11 bits per heavy atom. The van der Waals surface area contributed by atoms with Crippen LogP contribution in [0, 0.1) is 10.1 Å². The number of ether oxygens (including phenoxy) is 1. The summed E-state index contributed by atoms with van der Waals surface area (Å²) in [6, 6.07) is 10.4. The van der Waals surface area contributed by atoms with Crippen LogP contribution in [0.5, 0.6) is 0 Å². The fourth-order valence-corrected chi connectivity index (χ4v) is 2.34. The van der Waals surface area contributed by atoms with E-state index in [9.17, 15) is 19.7 Å². The van der Waals surface area contributed by atoms with Gasteiger partial charge in [-0.2, -0.15) is 0 Å². The Hall–Kier alpha value is -3.42. The molecule has 0 aliphatic rings. The lowest BCUT2D eigenvalue weighted by molar-refractivity contribution is -0.384. The number of hydrogen-bond acceptors (Lipinski definition) is 6. The molecule has 0 aliphatic heterocycles. The van der Waals surface area contributed by atoms with Crippen molar-refractivity contribution in [2.24, 2.45) is 0 Å². The number of benzene rings is 2. The second-order valence-corrected chi connectivity index (χ2v) is 6.00. The number of amides is 1. The summed E-state index contributed by atoms with van der Waals surface area (Å²) in [6.07, 6.45) is -0.224. The molecule has 0 fully saturated rings. The van der Waals surface area contributed by atoms with E-state index in [4.69, 9.17) is 4.74 Å². The molecule has 0 heterocycles. The highest BCUT2D eigenvalue weighted by Gasteiger charge is 2.17. The Labute approximate surface area is 156 Å². The van der Waals surface area contributed by atoms with Crippen LogP contribution in [0.25, 0.3) is 0 Å². The van der Waals surface area contributed by atoms with Crippen LogP contribution in [0.4, 0.5) is 17.1 Å². The van der Waals surface area contributed by atoms with Crippen LogP contribution >= 0.6 is 0 Å². The fourth-order valence-electron chi connectivity index (χ4n) is 2.34. The Bertz CT molecular complexity index is 847. The summed E-state index contributed by atoms with van der Waals surface area (Å²) in [5, 5.41) is 16.7. The van der Waals surface area contributed by atoms with E-state index in [0.29, 0.717) is 23.5 Å². The number of anilines is 2. The van der Waals surface area contributed by atoms with Gasteiger partial charge in [0.2, 0.25) is 0 Å². The van der Waals surface area contributed by atoms with Crippen molar-refractivity contribution in [1.82, 2.24) is 0 Å². The smallest absolute Gasteiger partial charge is 0.338 e. The van der Waals surface area contributed by atoms with Crippen molar-refractivity contribution < 1.29 is 19.2 Å². The van der Waals surface area contributed by atoms with Gasteiger partial charge in [0.05, 0.1) is 16.6 Å². The first-order valence-corrected chi connectivity index (χ1v) is 8.46. The minimum absolute atomic E-state index is 0.159. The summed E-state index contributed by atoms with van der Waals surface area (Å²) in [6.45, 7) is 5.86. The van der Waals surface area contributed by atoms with E-state index < -0.39 is 16.8 Å². The van der Waals surface area contributed by atoms with Gasteiger partial charge >= 0.3 is 5.97 Å². The van der Waals surface area contributed by atoms with Crippen LogP contribution in [-0.2, 0) is 4.74 Å². The summed E-state index contributed by atoms with van der Waals surface area (Å²) in [4.78, 5) is 34.9. The SMILES string of the molecule is CCNc1ccc(C(=O)Nc2ccc(C(=O)OC(C)C)cc2)cc1[N+](=O)[O-]. The van der Waals surface area contributed by atoms with E-state index in [0.717, 1.165) is 0 Å². The normalized spacial score (nSPS) is 10.4.